The van der Waals surface area contributed by atoms with Crippen LogP contribution in [0.4, 0.5) is 0 Å². The fourth-order valence-electron chi connectivity index (χ4n) is 1.90. The van der Waals surface area contributed by atoms with Crippen molar-refractivity contribution in [1.82, 2.24) is 16.0 Å². The van der Waals surface area contributed by atoms with Crippen molar-refractivity contribution in [2.75, 3.05) is 19.6 Å². The monoisotopic (exact) mass is 169 g/mol. The second-order valence-corrected chi connectivity index (χ2v) is 3.48. The predicted molar refractivity (Wildman–Crippen MR) is 45.8 cm³/mol. The van der Waals surface area contributed by atoms with E-state index in [1.54, 1.807) is 0 Å². The van der Waals surface area contributed by atoms with E-state index in [2.05, 4.69) is 16.0 Å². The van der Waals surface area contributed by atoms with Gasteiger partial charge in [-0.15, -0.1) is 0 Å². The normalized spacial score (nSPS) is 36.5. The summed E-state index contributed by atoms with van der Waals surface area (Å²) in [6.45, 7) is 2.79. The standard InChI is InChI=1S/C8H15N3O/c12-8-2-4-10-6-1-3-9-5-7(6)11-8/h6-7,9-10H,1-5H2,(H,11,12)/t6-,7+/m1/s1. The van der Waals surface area contributed by atoms with Gasteiger partial charge < -0.3 is 16.0 Å². The molecule has 0 aromatic rings. The third-order valence-corrected chi connectivity index (χ3v) is 2.59. The van der Waals surface area contributed by atoms with Crippen LogP contribution in [0.1, 0.15) is 12.8 Å². The molecule has 12 heavy (non-hydrogen) atoms. The maximum atomic E-state index is 11.2. The molecular formula is C8H15N3O. The van der Waals surface area contributed by atoms with Crippen molar-refractivity contribution >= 4 is 5.91 Å². The Bertz CT molecular complexity index is 183. The van der Waals surface area contributed by atoms with Crippen LogP contribution in [-0.2, 0) is 4.79 Å². The van der Waals surface area contributed by atoms with Gasteiger partial charge in [0.15, 0.2) is 0 Å². The number of hydrogen-bond donors (Lipinski definition) is 3. The number of fused-ring (bicyclic) bond motifs is 1. The number of amides is 1. The van der Waals surface area contributed by atoms with Crippen molar-refractivity contribution in [3.05, 3.63) is 0 Å². The first-order valence-electron chi connectivity index (χ1n) is 4.60. The minimum atomic E-state index is 0.179. The van der Waals surface area contributed by atoms with Crippen LogP contribution in [0.5, 0.6) is 0 Å². The summed E-state index contributed by atoms with van der Waals surface area (Å²) in [7, 11) is 0. The highest BCUT2D eigenvalue weighted by molar-refractivity contribution is 5.76. The summed E-state index contributed by atoms with van der Waals surface area (Å²) in [5.41, 5.74) is 0. The van der Waals surface area contributed by atoms with Crippen molar-refractivity contribution in [2.45, 2.75) is 24.9 Å². The summed E-state index contributed by atoms with van der Waals surface area (Å²) in [6, 6.07) is 0.784. The second kappa shape index (κ2) is 3.41. The van der Waals surface area contributed by atoms with E-state index in [1.807, 2.05) is 0 Å². The molecule has 2 aliphatic rings. The van der Waals surface area contributed by atoms with Crippen LogP contribution < -0.4 is 16.0 Å². The van der Waals surface area contributed by atoms with E-state index < -0.39 is 0 Å². The highest BCUT2D eigenvalue weighted by Crippen LogP contribution is 2.06. The Hall–Kier alpha value is -0.610. The van der Waals surface area contributed by atoms with E-state index >= 15 is 0 Å². The molecule has 0 saturated carbocycles. The molecule has 2 atom stereocenters. The maximum Gasteiger partial charge on any atom is 0.221 e. The zero-order chi connectivity index (χ0) is 8.39. The molecule has 3 N–H and O–H groups in total. The number of carbonyl (C=O) groups excluding carboxylic acids is 1. The Labute approximate surface area is 72.1 Å². The number of nitrogens with one attached hydrogen (secondary N) is 3. The van der Waals surface area contributed by atoms with Crippen LogP contribution in [0.2, 0.25) is 0 Å². The third kappa shape index (κ3) is 1.59. The van der Waals surface area contributed by atoms with Crippen LogP contribution in [0.25, 0.3) is 0 Å². The van der Waals surface area contributed by atoms with E-state index in [9.17, 15) is 4.79 Å². The minimum absolute atomic E-state index is 0.179. The van der Waals surface area contributed by atoms with Crippen molar-refractivity contribution < 1.29 is 4.79 Å². The Morgan fingerprint density at radius 1 is 1.25 bits per heavy atom. The van der Waals surface area contributed by atoms with Crippen LogP contribution >= 0.6 is 0 Å². The summed E-state index contributed by atoms with van der Waals surface area (Å²) in [5.74, 6) is 0.179. The number of piperidine rings is 1. The molecular weight excluding hydrogens is 154 g/mol. The number of hydrogen-bond acceptors (Lipinski definition) is 3. The van der Waals surface area contributed by atoms with Gasteiger partial charge in [-0.2, -0.15) is 0 Å². The quantitative estimate of drug-likeness (QED) is 0.428. The molecule has 68 valence electrons. The second-order valence-electron chi connectivity index (χ2n) is 3.48. The molecule has 2 heterocycles. The van der Waals surface area contributed by atoms with Gasteiger partial charge in [-0.3, -0.25) is 4.79 Å². The van der Waals surface area contributed by atoms with Crippen molar-refractivity contribution in [3.63, 3.8) is 0 Å². The SMILES string of the molecule is O=C1CCN[C@@H]2CCNC[C@@H]2N1. The highest BCUT2D eigenvalue weighted by Gasteiger charge is 2.27. The zero-order valence-electron chi connectivity index (χ0n) is 7.10. The fraction of sp³-hybridized carbons (Fsp3) is 0.875. The summed E-state index contributed by atoms with van der Waals surface area (Å²) in [4.78, 5) is 11.2. The van der Waals surface area contributed by atoms with Crippen LogP contribution in [0, 0.1) is 0 Å². The largest absolute Gasteiger partial charge is 0.350 e. The Morgan fingerprint density at radius 3 is 3.08 bits per heavy atom. The van der Waals surface area contributed by atoms with Gasteiger partial charge in [0.1, 0.15) is 0 Å². The lowest BCUT2D eigenvalue weighted by Gasteiger charge is -2.31. The van der Waals surface area contributed by atoms with Crippen molar-refractivity contribution in [1.29, 1.82) is 0 Å². The molecule has 0 spiro atoms. The Balaban J connectivity index is 2.01. The predicted octanol–water partition coefficient (Wildman–Crippen LogP) is -1.17. The average molecular weight is 169 g/mol. The molecule has 0 aromatic heterocycles. The summed E-state index contributed by atoms with van der Waals surface area (Å²) < 4.78 is 0. The first-order valence-corrected chi connectivity index (χ1v) is 4.60. The smallest absolute Gasteiger partial charge is 0.221 e. The molecule has 0 unspecified atom stereocenters. The first kappa shape index (κ1) is 8.01. The highest BCUT2D eigenvalue weighted by atomic mass is 16.1. The van der Waals surface area contributed by atoms with Gasteiger partial charge in [0.05, 0.1) is 6.04 Å². The van der Waals surface area contributed by atoms with Crippen LogP contribution in [0.15, 0.2) is 0 Å². The molecule has 2 saturated heterocycles. The Morgan fingerprint density at radius 2 is 2.17 bits per heavy atom. The number of rotatable bonds is 0. The average Bonchev–Trinajstić information content (AvgIpc) is 2.25. The van der Waals surface area contributed by atoms with Gasteiger partial charge in [0.2, 0.25) is 5.91 Å². The lowest BCUT2D eigenvalue weighted by Crippen LogP contribution is -2.56. The lowest BCUT2D eigenvalue weighted by molar-refractivity contribution is -0.121. The summed E-state index contributed by atoms with van der Waals surface area (Å²) in [6.07, 6.45) is 1.73. The van der Waals surface area contributed by atoms with E-state index in [0.29, 0.717) is 18.5 Å². The zero-order valence-corrected chi connectivity index (χ0v) is 7.10. The lowest BCUT2D eigenvalue weighted by atomic mass is 10.0. The molecule has 2 fully saturated rings. The molecule has 2 rings (SSSR count). The molecule has 0 radical (unpaired) electrons. The molecule has 0 aliphatic carbocycles. The van der Waals surface area contributed by atoms with Gasteiger partial charge in [-0.05, 0) is 13.0 Å². The van der Waals surface area contributed by atoms with E-state index in [4.69, 9.17) is 0 Å². The van der Waals surface area contributed by atoms with Crippen molar-refractivity contribution in [3.8, 4) is 0 Å². The maximum absolute atomic E-state index is 11.2. The van der Waals surface area contributed by atoms with Gasteiger partial charge in [0, 0.05) is 25.6 Å². The summed E-state index contributed by atoms with van der Waals surface area (Å²) >= 11 is 0. The van der Waals surface area contributed by atoms with Gasteiger partial charge in [-0.1, -0.05) is 0 Å². The van der Waals surface area contributed by atoms with Crippen LogP contribution in [-0.4, -0.2) is 37.6 Å². The fourth-order valence-corrected chi connectivity index (χ4v) is 1.90. The van der Waals surface area contributed by atoms with Crippen molar-refractivity contribution in [2.24, 2.45) is 0 Å². The molecule has 4 nitrogen and oxygen atoms in total. The topological polar surface area (TPSA) is 53.2 Å². The molecule has 2 aliphatic heterocycles. The molecule has 0 bridgehead atoms. The molecule has 4 heteroatoms. The van der Waals surface area contributed by atoms with Gasteiger partial charge in [-0.25, -0.2) is 0 Å². The van der Waals surface area contributed by atoms with E-state index in [1.165, 1.54) is 0 Å². The summed E-state index contributed by atoms with van der Waals surface area (Å²) in [5, 5.41) is 9.68. The first-order chi connectivity index (χ1) is 5.86. The molecule has 0 aromatic carbocycles. The third-order valence-electron chi connectivity index (χ3n) is 2.59. The number of carbonyl (C=O) groups is 1. The van der Waals surface area contributed by atoms with E-state index in [0.717, 1.165) is 26.1 Å². The minimum Gasteiger partial charge on any atom is -0.350 e. The molecule has 1 amide bonds. The van der Waals surface area contributed by atoms with Gasteiger partial charge in [0.25, 0.3) is 0 Å². The van der Waals surface area contributed by atoms with Gasteiger partial charge >= 0.3 is 0 Å². The van der Waals surface area contributed by atoms with E-state index in [-0.39, 0.29) is 5.91 Å². The van der Waals surface area contributed by atoms with Crippen LogP contribution in [0.3, 0.4) is 0 Å². The Kier molecular flexibility index (Phi) is 2.28.